The number of thiazole rings is 1. The zero-order valence-corrected chi connectivity index (χ0v) is 17.5. The molecule has 0 radical (unpaired) electrons. The van der Waals surface area contributed by atoms with Crippen molar-refractivity contribution >= 4 is 23.2 Å². The quantitative estimate of drug-likeness (QED) is 0.679. The summed E-state index contributed by atoms with van der Waals surface area (Å²) in [5, 5.41) is 9.59. The first kappa shape index (κ1) is 20.1. The summed E-state index contributed by atoms with van der Waals surface area (Å²) in [5.74, 6) is 0.551. The van der Waals surface area contributed by atoms with E-state index in [1.807, 2.05) is 35.7 Å². The Balaban J connectivity index is 1.54. The normalized spacial score (nSPS) is 16.9. The van der Waals surface area contributed by atoms with E-state index >= 15 is 0 Å². The lowest BCUT2D eigenvalue weighted by Crippen LogP contribution is -2.40. The SMILES string of the molecule is CC(=O)N1CCC(c2nc(-c3cn[nH]c3)cs2)N(C(=O)COc2ccccc2)CC1. The summed E-state index contributed by atoms with van der Waals surface area (Å²) in [6.07, 6.45) is 4.15. The van der Waals surface area contributed by atoms with E-state index in [1.54, 1.807) is 29.1 Å². The van der Waals surface area contributed by atoms with Crippen molar-refractivity contribution < 1.29 is 14.3 Å². The lowest BCUT2D eigenvalue weighted by Gasteiger charge is -2.28. The third-order valence-corrected chi connectivity index (χ3v) is 6.08. The van der Waals surface area contributed by atoms with Gasteiger partial charge in [0.1, 0.15) is 10.8 Å². The minimum absolute atomic E-state index is 0.0156. The van der Waals surface area contributed by atoms with Gasteiger partial charge in [-0.3, -0.25) is 14.7 Å². The van der Waals surface area contributed by atoms with Gasteiger partial charge in [0.25, 0.3) is 5.91 Å². The molecule has 1 N–H and O–H groups in total. The van der Waals surface area contributed by atoms with Gasteiger partial charge in [-0.05, 0) is 18.6 Å². The first-order valence-electron chi connectivity index (χ1n) is 9.79. The van der Waals surface area contributed by atoms with Crippen LogP contribution < -0.4 is 4.74 Å². The average molecular weight is 426 g/mol. The van der Waals surface area contributed by atoms with E-state index in [9.17, 15) is 9.59 Å². The summed E-state index contributed by atoms with van der Waals surface area (Å²) >= 11 is 1.52. The smallest absolute Gasteiger partial charge is 0.261 e. The number of H-pyrrole nitrogens is 1. The molecule has 1 aliphatic rings. The van der Waals surface area contributed by atoms with Gasteiger partial charge in [0, 0.05) is 43.7 Å². The molecule has 8 nitrogen and oxygen atoms in total. The number of aromatic nitrogens is 3. The molecule has 30 heavy (non-hydrogen) atoms. The van der Waals surface area contributed by atoms with Gasteiger partial charge in [-0.25, -0.2) is 4.98 Å². The number of aromatic amines is 1. The van der Waals surface area contributed by atoms with Crippen LogP contribution in [-0.4, -0.2) is 63.0 Å². The molecule has 1 aliphatic heterocycles. The molecule has 2 amide bonds. The monoisotopic (exact) mass is 425 g/mol. The second-order valence-corrected chi connectivity index (χ2v) is 7.95. The number of hydrogen-bond acceptors (Lipinski definition) is 6. The van der Waals surface area contributed by atoms with Crippen molar-refractivity contribution in [3.05, 3.63) is 53.1 Å². The van der Waals surface area contributed by atoms with Crippen molar-refractivity contribution in [2.24, 2.45) is 0 Å². The van der Waals surface area contributed by atoms with Crippen LogP contribution in [0.15, 0.2) is 48.1 Å². The summed E-state index contributed by atoms with van der Waals surface area (Å²) in [4.78, 5) is 33.3. The highest BCUT2D eigenvalue weighted by molar-refractivity contribution is 7.10. The van der Waals surface area contributed by atoms with Crippen LogP contribution in [0, 0.1) is 0 Å². The van der Waals surface area contributed by atoms with E-state index in [0.29, 0.717) is 31.8 Å². The predicted octanol–water partition coefficient (Wildman–Crippen LogP) is 2.73. The summed E-state index contributed by atoms with van der Waals surface area (Å²) in [5.41, 5.74) is 1.73. The van der Waals surface area contributed by atoms with Gasteiger partial charge in [0.2, 0.25) is 5.91 Å². The van der Waals surface area contributed by atoms with Crippen molar-refractivity contribution in [2.75, 3.05) is 26.2 Å². The number of nitrogens with one attached hydrogen (secondary N) is 1. The van der Waals surface area contributed by atoms with Crippen LogP contribution in [-0.2, 0) is 9.59 Å². The Morgan fingerprint density at radius 2 is 2.07 bits per heavy atom. The molecule has 1 fully saturated rings. The number of hydrogen-bond donors (Lipinski definition) is 1. The largest absolute Gasteiger partial charge is 0.484 e. The van der Waals surface area contributed by atoms with Gasteiger partial charge < -0.3 is 14.5 Å². The highest BCUT2D eigenvalue weighted by Gasteiger charge is 2.32. The molecule has 1 aromatic carbocycles. The Hall–Kier alpha value is -3.20. The Kier molecular flexibility index (Phi) is 6.08. The number of ether oxygens (including phenoxy) is 1. The summed E-state index contributed by atoms with van der Waals surface area (Å²) in [6.45, 7) is 3.04. The lowest BCUT2D eigenvalue weighted by molar-refractivity contribution is -0.136. The van der Waals surface area contributed by atoms with E-state index in [1.165, 1.54) is 11.3 Å². The molecular formula is C21H23N5O3S. The maximum absolute atomic E-state index is 13.1. The first-order valence-corrected chi connectivity index (χ1v) is 10.7. The molecule has 0 aliphatic carbocycles. The molecule has 1 atom stereocenters. The predicted molar refractivity (Wildman–Crippen MR) is 113 cm³/mol. The van der Waals surface area contributed by atoms with Crippen LogP contribution >= 0.6 is 11.3 Å². The van der Waals surface area contributed by atoms with Crippen molar-refractivity contribution in [3.8, 4) is 17.0 Å². The van der Waals surface area contributed by atoms with Crippen LogP contribution in [0.25, 0.3) is 11.3 Å². The van der Waals surface area contributed by atoms with Crippen molar-refractivity contribution in [2.45, 2.75) is 19.4 Å². The Morgan fingerprint density at radius 3 is 2.80 bits per heavy atom. The van der Waals surface area contributed by atoms with Crippen molar-refractivity contribution in [3.63, 3.8) is 0 Å². The molecule has 2 aromatic heterocycles. The number of nitrogens with zero attached hydrogens (tertiary/aromatic N) is 4. The van der Waals surface area contributed by atoms with Crippen LogP contribution in [0.5, 0.6) is 5.75 Å². The maximum atomic E-state index is 13.1. The summed E-state index contributed by atoms with van der Waals surface area (Å²) in [7, 11) is 0. The highest BCUT2D eigenvalue weighted by atomic mass is 32.1. The van der Waals surface area contributed by atoms with Crippen LogP contribution in [0.4, 0.5) is 0 Å². The number of carbonyl (C=O) groups excluding carboxylic acids is 2. The zero-order chi connectivity index (χ0) is 20.9. The molecule has 156 valence electrons. The van der Waals surface area contributed by atoms with Gasteiger partial charge in [0.05, 0.1) is 17.9 Å². The highest BCUT2D eigenvalue weighted by Crippen LogP contribution is 2.32. The van der Waals surface area contributed by atoms with Crippen molar-refractivity contribution in [1.29, 1.82) is 0 Å². The minimum atomic E-state index is -0.202. The molecule has 1 unspecified atom stereocenters. The molecule has 3 aromatic rings. The molecule has 0 bridgehead atoms. The minimum Gasteiger partial charge on any atom is -0.484 e. The Labute approximate surface area is 178 Å². The Morgan fingerprint density at radius 1 is 1.23 bits per heavy atom. The lowest BCUT2D eigenvalue weighted by atomic mass is 10.2. The molecule has 1 saturated heterocycles. The van der Waals surface area contributed by atoms with Crippen LogP contribution in [0.1, 0.15) is 24.4 Å². The number of amides is 2. The third-order valence-electron chi connectivity index (χ3n) is 5.13. The maximum Gasteiger partial charge on any atom is 0.261 e. The molecule has 4 rings (SSSR count). The van der Waals surface area contributed by atoms with E-state index in [0.717, 1.165) is 16.3 Å². The standard InChI is InChI=1S/C21H23N5O3S/c1-15(27)25-8-7-19(21-24-18(14-30-21)16-11-22-23-12-16)26(10-9-25)20(28)13-29-17-5-3-2-4-6-17/h2-6,11-12,14,19H,7-10,13H2,1H3,(H,22,23). The number of rotatable bonds is 5. The topological polar surface area (TPSA) is 91.4 Å². The van der Waals surface area contributed by atoms with E-state index in [2.05, 4.69) is 10.2 Å². The molecule has 9 heteroatoms. The Bertz CT molecular complexity index is 989. The molecule has 0 spiro atoms. The summed E-state index contributed by atoms with van der Waals surface area (Å²) < 4.78 is 5.68. The van der Waals surface area contributed by atoms with Gasteiger partial charge in [-0.1, -0.05) is 18.2 Å². The number of carbonyl (C=O) groups is 2. The van der Waals surface area contributed by atoms with Gasteiger partial charge in [-0.15, -0.1) is 11.3 Å². The van der Waals surface area contributed by atoms with E-state index in [-0.39, 0.29) is 24.5 Å². The molecule has 0 saturated carbocycles. The van der Waals surface area contributed by atoms with Gasteiger partial charge >= 0.3 is 0 Å². The van der Waals surface area contributed by atoms with E-state index in [4.69, 9.17) is 9.72 Å². The van der Waals surface area contributed by atoms with Crippen LogP contribution in [0.3, 0.4) is 0 Å². The number of benzene rings is 1. The first-order chi connectivity index (χ1) is 14.6. The fraction of sp³-hybridized carbons (Fsp3) is 0.333. The van der Waals surface area contributed by atoms with E-state index < -0.39 is 0 Å². The zero-order valence-electron chi connectivity index (χ0n) is 16.7. The van der Waals surface area contributed by atoms with Gasteiger partial charge in [0.15, 0.2) is 6.61 Å². The third kappa shape index (κ3) is 4.51. The number of para-hydroxylation sites is 1. The molecular weight excluding hydrogens is 402 g/mol. The van der Waals surface area contributed by atoms with Crippen molar-refractivity contribution in [1.82, 2.24) is 25.0 Å². The summed E-state index contributed by atoms with van der Waals surface area (Å²) in [6, 6.07) is 9.08. The van der Waals surface area contributed by atoms with Gasteiger partial charge in [-0.2, -0.15) is 5.10 Å². The average Bonchev–Trinajstić information content (AvgIpc) is 3.41. The second kappa shape index (κ2) is 9.08. The fourth-order valence-corrected chi connectivity index (χ4v) is 4.48. The fourth-order valence-electron chi connectivity index (χ4n) is 3.51. The molecule has 3 heterocycles. The second-order valence-electron chi connectivity index (χ2n) is 7.06. The van der Waals surface area contributed by atoms with Crippen LogP contribution in [0.2, 0.25) is 0 Å².